The van der Waals surface area contributed by atoms with Crippen molar-refractivity contribution in [3.63, 3.8) is 0 Å². The smallest absolute Gasteiger partial charge is 0.319 e. The van der Waals surface area contributed by atoms with Crippen LogP contribution in [0, 0.1) is 11.3 Å². The Labute approximate surface area is 112 Å². The summed E-state index contributed by atoms with van der Waals surface area (Å²) >= 11 is 0. The van der Waals surface area contributed by atoms with Gasteiger partial charge in [-0.25, -0.2) is 0 Å². The van der Waals surface area contributed by atoms with E-state index in [0.29, 0.717) is 19.3 Å². The van der Waals surface area contributed by atoms with Crippen LogP contribution in [-0.2, 0) is 23.9 Å². The quantitative estimate of drug-likeness (QED) is 0.574. The Morgan fingerprint density at radius 2 is 2.11 bits per heavy atom. The van der Waals surface area contributed by atoms with Gasteiger partial charge in [0.15, 0.2) is 5.78 Å². The number of carbonyl (C=O) groups excluding carboxylic acids is 3. The lowest BCUT2D eigenvalue weighted by atomic mass is 9.68. The van der Waals surface area contributed by atoms with Gasteiger partial charge >= 0.3 is 11.9 Å². The molecular formula is C14H20O5. The van der Waals surface area contributed by atoms with Gasteiger partial charge in [-0.05, 0) is 33.1 Å². The van der Waals surface area contributed by atoms with Gasteiger partial charge in [0, 0.05) is 19.3 Å². The van der Waals surface area contributed by atoms with Crippen molar-refractivity contribution in [2.75, 3.05) is 6.61 Å². The zero-order valence-corrected chi connectivity index (χ0v) is 11.7. The molecule has 106 valence electrons. The molecule has 2 aliphatic carbocycles. The molecule has 0 aromatic heterocycles. The summed E-state index contributed by atoms with van der Waals surface area (Å²) in [4.78, 5) is 35.7. The van der Waals surface area contributed by atoms with Crippen LogP contribution in [0.15, 0.2) is 0 Å². The van der Waals surface area contributed by atoms with Crippen molar-refractivity contribution in [3.05, 3.63) is 0 Å². The lowest BCUT2D eigenvalue weighted by molar-refractivity contribution is -0.178. The van der Waals surface area contributed by atoms with Crippen molar-refractivity contribution in [2.45, 2.75) is 52.1 Å². The van der Waals surface area contributed by atoms with Gasteiger partial charge in [0.05, 0.1) is 6.61 Å². The molecule has 0 saturated heterocycles. The summed E-state index contributed by atoms with van der Waals surface area (Å²) in [6, 6.07) is 0. The van der Waals surface area contributed by atoms with Crippen LogP contribution in [0.4, 0.5) is 0 Å². The molecule has 0 radical (unpaired) electrons. The van der Waals surface area contributed by atoms with E-state index in [1.54, 1.807) is 13.8 Å². The van der Waals surface area contributed by atoms with Gasteiger partial charge in [-0.1, -0.05) is 0 Å². The first-order valence-electron chi connectivity index (χ1n) is 6.74. The molecule has 19 heavy (non-hydrogen) atoms. The molecule has 2 rings (SSSR count). The van der Waals surface area contributed by atoms with E-state index in [4.69, 9.17) is 9.47 Å². The number of fused-ring (bicyclic) bond motifs is 2. The normalized spacial score (nSPS) is 37.0. The Balaban J connectivity index is 2.29. The molecule has 2 aliphatic rings. The van der Waals surface area contributed by atoms with Crippen molar-refractivity contribution >= 4 is 17.7 Å². The van der Waals surface area contributed by atoms with Gasteiger partial charge in [-0.2, -0.15) is 0 Å². The maximum Gasteiger partial charge on any atom is 0.319 e. The molecule has 3 atom stereocenters. The first-order chi connectivity index (χ1) is 8.83. The maximum atomic E-state index is 12.4. The van der Waals surface area contributed by atoms with Crippen LogP contribution in [0.5, 0.6) is 0 Å². The highest BCUT2D eigenvalue weighted by Crippen LogP contribution is 2.53. The summed E-state index contributed by atoms with van der Waals surface area (Å²) < 4.78 is 10.4. The number of hydrogen-bond donors (Lipinski definition) is 0. The van der Waals surface area contributed by atoms with E-state index in [0.717, 1.165) is 0 Å². The van der Waals surface area contributed by atoms with Crippen molar-refractivity contribution in [2.24, 2.45) is 11.3 Å². The molecule has 0 aliphatic heterocycles. The van der Waals surface area contributed by atoms with Crippen LogP contribution < -0.4 is 0 Å². The van der Waals surface area contributed by atoms with Crippen molar-refractivity contribution in [1.82, 2.24) is 0 Å². The van der Waals surface area contributed by atoms with Crippen LogP contribution in [-0.4, -0.2) is 29.9 Å². The van der Waals surface area contributed by atoms with Gasteiger partial charge < -0.3 is 9.47 Å². The predicted octanol–water partition coefficient (Wildman–Crippen LogP) is 1.63. The topological polar surface area (TPSA) is 69.7 Å². The molecule has 2 bridgehead atoms. The Morgan fingerprint density at radius 3 is 2.68 bits per heavy atom. The van der Waals surface area contributed by atoms with Gasteiger partial charge in [0.2, 0.25) is 0 Å². The van der Waals surface area contributed by atoms with Gasteiger partial charge in [-0.3, -0.25) is 14.4 Å². The summed E-state index contributed by atoms with van der Waals surface area (Å²) in [5.74, 6) is -1.06. The van der Waals surface area contributed by atoms with E-state index in [2.05, 4.69) is 0 Å². The monoisotopic (exact) mass is 268 g/mol. The Morgan fingerprint density at radius 1 is 1.42 bits per heavy atom. The highest BCUT2D eigenvalue weighted by Gasteiger charge is 2.62. The second kappa shape index (κ2) is 4.62. The highest BCUT2D eigenvalue weighted by molar-refractivity contribution is 6.07. The predicted molar refractivity (Wildman–Crippen MR) is 66.2 cm³/mol. The second-order valence-corrected chi connectivity index (χ2v) is 5.83. The molecule has 0 aromatic rings. The lowest BCUT2D eigenvalue weighted by Gasteiger charge is -2.40. The van der Waals surface area contributed by atoms with Gasteiger partial charge in [-0.15, -0.1) is 0 Å². The number of rotatable bonds is 3. The molecule has 0 N–H and O–H groups in total. The van der Waals surface area contributed by atoms with Crippen molar-refractivity contribution in [3.8, 4) is 0 Å². The standard InChI is InChI=1S/C14H20O5/c1-4-18-12(17)14-6-5-10(11(14)16)7-13(3,8-14)19-9(2)15/h10H,4-8H2,1-3H3/t10-,13-,14-/m1/s1. The number of carbonyl (C=O) groups is 3. The minimum Gasteiger partial charge on any atom is -0.465 e. The van der Waals surface area contributed by atoms with E-state index in [1.807, 2.05) is 0 Å². The average Bonchev–Trinajstić information content (AvgIpc) is 2.51. The van der Waals surface area contributed by atoms with Crippen molar-refractivity contribution < 1.29 is 23.9 Å². The van der Waals surface area contributed by atoms with Crippen LogP contribution in [0.2, 0.25) is 0 Å². The maximum absolute atomic E-state index is 12.4. The largest absolute Gasteiger partial charge is 0.465 e. The molecule has 0 spiro atoms. The summed E-state index contributed by atoms with van der Waals surface area (Å²) in [6.07, 6.45) is 1.93. The number of ketones is 1. The molecule has 0 unspecified atom stereocenters. The lowest BCUT2D eigenvalue weighted by Crippen LogP contribution is -2.51. The molecular weight excluding hydrogens is 248 g/mol. The average molecular weight is 268 g/mol. The first-order valence-corrected chi connectivity index (χ1v) is 6.74. The molecule has 5 heteroatoms. The SMILES string of the molecule is CCOC(=O)[C@]12CC[C@H](C[C@@](C)(OC(C)=O)C1)C2=O. The fraction of sp³-hybridized carbons (Fsp3) is 0.786. The van der Waals surface area contributed by atoms with Crippen LogP contribution >= 0.6 is 0 Å². The Hall–Kier alpha value is -1.39. The zero-order valence-electron chi connectivity index (χ0n) is 11.7. The molecule has 0 amide bonds. The minimum absolute atomic E-state index is 0.0319. The third-order valence-corrected chi connectivity index (χ3v) is 4.17. The molecule has 2 fully saturated rings. The Bertz CT molecular complexity index is 430. The Kier molecular flexibility index (Phi) is 3.41. The first kappa shape index (κ1) is 14.0. The fourth-order valence-corrected chi connectivity index (χ4v) is 3.64. The highest BCUT2D eigenvalue weighted by atomic mass is 16.6. The van der Waals surface area contributed by atoms with Crippen LogP contribution in [0.3, 0.4) is 0 Å². The van der Waals surface area contributed by atoms with E-state index >= 15 is 0 Å². The molecule has 5 nitrogen and oxygen atoms in total. The molecule has 2 saturated carbocycles. The van der Waals surface area contributed by atoms with Gasteiger partial charge in [0.1, 0.15) is 11.0 Å². The number of Topliss-reactive ketones (excluding diaryl/α,β-unsaturated/α-hetero) is 1. The fourth-order valence-electron chi connectivity index (χ4n) is 3.64. The third-order valence-electron chi connectivity index (χ3n) is 4.17. The van der Waals surface area contributed by atoms with Crippen LogP contribution in [0.25, 0.3) is 0 Å². The third kappa shape index (κ3) is 2.26. The number of ether oxygens (including phenoxy) is 2. The van der Waals surface area contributed by atoms with Crippen molar-refractivity contribution in [1.29, 1.82) is 0 Å². The number of hydrogen-bond acceptors (Lipinski definition) is 5. The second-order valence-electron chi connectivity index (χ2n) is 5.83. The van der Waals surface area contributed by atoms with E-state index in [9.17, 15) is 14.4 Å². The molecule has 0 heterocycles. The minimum atomic E-state index is -1.09. The summed E-state index contributed by atoms with van der Waals surface area (Å²) in [5.41, 5.74) is -1.84. The van der Waals surface area contributed by atoms with E-state index in [-0.39, 0.29) is 30.7 Å². The molecule has 0 aromatic carbocycles. The van der Waals surface area contributed by atoms with Crippen LogP contribution in [0.1, 0.15) is 46.5 Å². The van der Waals surface area contributed by atoms with Gasteiger partial charge in [0.25, 0.3) is 0 Å². The summed E-state index contributed by atoms with van der Waals surface area (Å²) in [6.45, 7) is 5.12. The van der Waals surface area contributed by atoms with E-state index in [1.165, 1.54) is 6.92 Å². The number of esters is 2. The van der Waals surface area contributed by atoms with E-state index < -0.39 is 17.0 Å². The summed E-state index contributed by atoms with van der Waals surface area (Å²) in [5, 5.41) is 0. The zero-order chi connectivity index (χ0) is 14.3. The summed E-state index contributed by atoms with van der Waals surface area (Å²) in [7, 11) is 0.